The Hall–Kier alpha value is -4.38. The number of pyridine rings is 1. The first kappa shape index (κ1) is 31.1. The highest BCUT2D eigenvalue weighted by Crippen LogP contribution is 2.36. The Morgan fingerprint density at radius 1 is 1.11 bits per heavy atom. The van der Waals surface area contributed by atoms with E-state index in [4.69, 9.17) is 21.3 Å². The molecule has 0 saturated carbocycles. The molecule has 0 unspecified atom stereocenters. The van der Waals surface area contributed by atoms with Crippen LogP contribution in [0.1, 0.15) is 45.0 Å². The van der Waals surface area contributed by atoms with E-state index in [1.165, 1.54) is 23.8 Å². The van der Waals surface area contributed by atoms with Gasteiger partial charge >= 0.3 is 11.7 Å². The second-order valence-corrected chi connectivity index (χ2v) is 11.1. The lowest BCUT2D eigenvalue weighted by atomic mass is 10.1. The highest BCUT2D eigenvalue weighted by atomic mass is 35.5. The van der Waals surface area contributed by atoms with Crippen molar-refractivity contribution in [2.24, 2.45) is 0 Å². The van der Waals surface area contributed by atoms with Crippen LogP contribution in [0.2, 0.25) is 5.02 Å². The van der Waals surface area contributed by atoms with Gasteiger partial charge in [-0.05, 0) is 44.0 Å². The summed E-state index contributed by atoms with van der Waals surface area (Å²) in [4.78, 5) is 49.0. The van der Waals surface area contributed by atoms with Crippen molar-refractivity contribution in [2.75, 3.05) is 31.6 Å². The third-order valence-corrected chi connectivity index (χ3v) is 7.99. The molecule has 230 valence electrons. The minimum Gasteiger partial charge on any atom is -0.467 e. The maximum absolute atomic E-state index is 15.1. The SMILES string of the molecule is C=CC(=O)N1CCN(c2nc(=O)n(-c3c(CCC)nc(OC)nc3CCC)c3nc(-c4ccccc4F)c(Cl)cc23)[C@@H](C)C1. The number of methoxy groups -OCH3 is 1. The van der Waals surface area contributed by atoms with Gasteiger partial charge in [-0.3, -0.25) is 4.79 Å². The Bertz CT molecular complexity index is 1770. The number of halogens is 2. The van der Waals surface area contributed by atoms with Crippen LogP contribution >= 0.6 is 11.6 Å². The molecular weight excluding hydrogens is 585 g/mol. The van der Waals surface area contributed by atoms with Crippen LogP contribution in [0.5, 0.6) is 6.01 Å². The van der Waals surface area contributed by atoms with Crippen LogP contribution < -0.4 is 15.3 Å². The summed E-state index contributed by atoms with van der Waals surface area (Å²) < 4.78 is 21.9. The summed E-state index contributed by atoms with van der Waals surface area (Å²) in [5, 5.41) is 0.711. The summed E-state index contributed by atoms with van der Waals surface area (Å²) in [6, 6.07) is 7.94. The summed E-state index contributed by atoms with van der Waals surface area (Å²) in [6.07, 6.45) is 3.89. The van der Waals surface area contributed by atoms with Gasteiger partial charge in [-0.25, -0.2) is 18.7 Å². The zero-order chi connectivity index (χ0) is 31.5. The van der Waals surface area contributed by atoms with Gasteiger partial charge in [0.15, 0.2) is 5.65 Å². The first-order chi connectivity index (χ1) is 21.2. The fourth-order valence-corrected chi connectivity index (χ4v) is 5.92. The van der Waals surface area contributed by atoms with Gasteiger partial charge in [-0.2, -0.15) is 15.0 Å². The second kappa shape index (κ2) is 13.1. The number of benzene rings is 1. The van der Waals surface area contributed by atoms with Crippen molar-refractivity contribution < 1.29 is 13.9 Å². The first-order valence-corrected chi connectivity index (χ1v) is 15.1. The van der Waals surface area contributed by atoms with Crippen molar-refractivity contribution in [3.8, 4) is 23.0 Å². The van der Waals surface area contributed by atoms with E-state index in [0.29, 0.717) is 60.8 Å². The molecule has 44 heavy (non-hydrogen) atoms. The first-order valence-electron chi connectivity index (χ1n) is 14.7. The van der Waals surface area contributed by atoms with E-state index in [9.17, 15) is 9.59 Å². The van der Waals surface area contributed by atoms with Gasteiger partial charge in [0, 0.05) is 31.2 Å². The number of fused-ring (bicyclic) bond motifs is 1. The Labute approximate surface area is 260 Å². The van der Waals surface area contributed by atoms with Gasteiger partial charge in [0.05, 0.1) is 40.3 Å². The highest BCUT2D eigenvalue weighted by molar-refractivity contribution is 6.33. The fraction of sp³-hybridized carbons (Fsp3) is 0.375. The number of amides is 1. The number of carbonyl (C=O) groups excluding carboxylic acids is 1. The smallest absolute Gasteiger partial charge is 0.355 e. The second-order valence-electron chi connectivity index (χ2n) is 10.7. The van der Waals surface area contributed by atoms with Gasteiger partial charge in [0.1, 0.15) is 11.6 Å². The van der Waals surface area contributed by atoms with E-state index in [0.717, 1.165) is 12.8 Å². The lowest BCUT2D eigenvalue weighted by molar-refractivity contribution is -0.126. The summed E-state index contributed by atoms with van der Waals surface area (Å²) in [5.41, 5.74) is 1.80. The predicted molar refractivity (Wildman–Crippen MR) is 169 cm³/mol. The number of piperazine rings is 1. The van der Waals surface area contributed by atoms with Gasteiger partial charge in [0.2, 0.25) is 5.91 Å². The van der Waals surface area contributed by atoms with Crippen LogP contribution in [0.4, 0.5) is 10.2 Å². The molecule has 1 saturated heterocycles. The van der Waals surface area contributed by atoms with Crippen LogP contribution in [0.3, 0.4) is 0 Å². The van der Waals surface area contributed by atoms with Gasteiger partial charge < -0.3 is 14.5 Å². The van der Waals surface area contributed by atoms with Crippen molar-refractivity contribution in [3.05, 3.63) is 75.7 Å². The Balaban J connectivity index is 1.84. The molecule has 5 rings (SSSR count). The number of anilines is 1. The van der Waals surface area contributed by atoms with Crippen molar-refractivity contribution in [1.82, 2.24) is 29.4 Å². The minimum atomic E-state index is -0.581. The average Bonchev–Trinajstić information content (AvgIpc) is 3.01. The van der Waals surface area contributed by atoms with Crippen LogP contribution in [0.25, 0.3) is 28.0 Å². The Morgan fingerprint density at radius 3 is 2.39 bits per heavy atom. The number of rotatable bonds is 9. The van der Waals surface area contributed by atoms with Crippen molar-refractivity contribution in [3.63, 3.8) is 0 Å². The quantitative estimate of drug-likeness (QED) is 0.236. The standard InChI is InChI=1S/C32H35ClFN7O3/c1-6-11-24-28(25(12-7-2)36-31(35-24)44-5)41-30-21(17-22(33)27(37-30)20-13-9-10-14-23(20)34)29(38-32(41)43)40-16-15-39(18-19(40)4)26(42)8-3/h8-10,13-14,17,19H,3,6-7,11-12,15-16,18H2,1-2,4-5H3/t19-/m0/s1. The van der Waals surface area contributed by atoms with Gasteiger partial charge in [-0.15, -0.1) is 0 Å². The van der Waals surface area contributed by atoms with Crippen LogP contribution in [0, 0.1) is 5.82 Å². The minimum absolute atomic E-state index is 0.157. The largest absolute Gasteiger partial charge is 0.467 e. The number of carbonyl (C=O) groups is 1. The zero-order valence-corrected chi connectivity index (χ0v) is 26.1. The molecule has 3 aromatic heterocycles. The van der Waals surface area contributed by atoms with Gasteiger partial charge in [0.25, 0.3) is 0 Å². The maximum Gasteiger partial charge on any atom is 0.355 e. The molecule has 1 aliphatic heterocycles. The normalized spacial score (nSPS) is 15.1. The van der Waals surface area contributed by atoms with E-state index in [1.807, 2.05) is 25.7 Å². The third-order valence-electron chi connectivity index (χ3n) is 7.70. The summed E-state index contributed by atoms with van der Waals surface area (Å²) in [7, 11) is 1.51. The molecule has 0 aliphatic carbocycles. The monoisotopic (exact) mass is 619 g/mol. The summed E-state index contributed by atoms with van der Waals surface area (Å²) >= 11 is 6.81. The highest BCUT2D eigenvalue weighted by Gasteiger charge is 2.31. The molecule has 4 aromatic rings. The van der Waals surface area contributed by atoms with E-state index in [2.05, 4.69) is 21.5 Å². The summed E-state index contributed by atoms with van der Waals surface area (Å²) in [5.74, 6) is -0.264. The lowest BCUT2D eigenvalue weighted by Crippen LogP contribution is -2.54. The van der Waals surface area contributed by atoms with Gasteiger partial charge in [-0.1, -0.05) is 57.0 Å². The molecular formula is C32H35ClFN7O3. The number of nitrogens with zero attached hydrogens (tertiary/aromatic N) is 7. The van der Waals surface area contributed by atoms with Crippen molar-refractivity contribution in [1.29, 1.82) is 0 Å². The van der Waals surface area contributed by atoms with Crippen LogP contribution in [-0.2, 0) is 17.6 Å². The molecule has 10 nitrogen and oxygen atoms in total. The van der Waals surface area contributed by atoms with Crippen molar-refractivity contribution >= 4 is 34.4 Å². The summed E-state index contributed by atoms with van der Waals surface area (Å²) in [6.45, 7) is 10.9. The molecule has 1 fully saturated rings. The van der Waals surface area contributed by atoms with E-state index in [-0.39, 0.29) is 39.9 Å². The lowest BCUT2D eigenvalue weighted by Gasteiger charge is -2.40. The van der Waals surface area contributed by atoms with E-state index in [1.54, 1.807) is 29.2 Å². The van der Waals surface area contributed by atoms with Crippen LogP contribution in [-0.4, -0.2) is 68.1 Å². The Morgan fingerprint density at radius 2 is 1.80 bits per heavy atom. The predicted octanol–water partition coefficient (Wildman–Crippen LogP) is 5.17. The average molecular weight is 620 g/mol. The molecule has 0 N–H and O–H groups in total. The molecule has 12 heteroatoms. The Kier molecular flexibility index (Phi) is 9.24. The van der Waals surface area contributed by atoms with E-state index >= 15 is 4.39 Å². The molecule has 1 amide bonds. The molecule has 0 bridgehead atoms. The van der Waals surface area contributed by atoms with Crippen molar-refractivity contribution in [2.45, 2.75) is 52.5 Å². The molecule has 1 aromatic carbocycles. The molecule has 1 atom stereocenters. The number of ether oxygens (including phenoxy) is 1. The molecule has 0 spiro atoms. The number of hydrogen-bond donors (Lipinski definition) is 0. The fourth-order valence-electron chi connectivity index (χ4n) is 5.67. The molecule has 4 heterocycles. The molecule has 0 radical (unpaired) electrons. The van der Waals surface area contributed by atoms with E-state index < -0.39 is 11.5 Å². The maximum atomic E-state index is 15.1. The zero-order valence-electron chi connectivity index (χ0n) is 25.3. The number of aryl methyl sites for hydroxylation is 2. The topological polar surface area (TPSA) is 106 Å². The van der Waals surface area contributed by atoms with Crippen LogP contribution in [0.15, 0.2) is 47.8 Å². The third kappa shape index (κ3) is 5.76. The number of aromatic nitrogens is 5. The molecule has 1 aliphatic rings. The number of hydrogen-bond acceptors (Lipinski definition) is 8.